The SMILES string of the molecule is COC(=O)CCC(Sc1ccc(Cl)cc1)N1C(=O)[C@H](CC(C)C)N(C)S1(=O)=O. The van der Waals surface area contributed by atoms with Crippen molar-refractivity contribution >= 4 is 45.4 Å². The summed E-state index contributed by atoms with van der Waals surface area (Å²) in [6.45, 7) is 3.88. The number of carbonyl (C=O) groups is 2. The van der Waals surface area contributed by atoms with Crippen molar-refractivity contribution in [2.45, 2.75) is 49.4 Å². The van der Waals surface area contributed by atoms with E-state index < -0.39 is 33.5 Å². The number of amides is 1. The van der Waals surface area contributed by atoms with Crippen LogP contribution in [-0.2, 0) is 24.5 Å². The van der Waals surface area contributed by atoms with E-state index in [-0.39, 0.29) is 18.8 Å². The van der Waals surface area contributed by atoms with Gasteiger partial charge in [0.05, 0.1) is 12.5 Å². The quantitative estimate of drug-likeness (QED) is 0.448. The average Bonchev–Trinajstić information content (AvgIpc) is 2.79. The van der Waals surface area contributed by atoms with Crippen molar-refractivity contribution in [3.05, 3.63) is 29.3 Å². The minimum atomic E-state index is -3.97. The van der Waals surface area contributed by atoms with Gasteiger partial charge in [0.15, 0.2) is 0 Å². The first-order valence-electron chi connectivity index (χ1n) is 8.88. The second kappa shape index (κ2) is 9.47. The number of thioether (sulfide) groups is 1. The molecule has 0 aliphatic carbocycles. The lowest BCUT2D eigenvalue weighted by Crippen LogP contribution is -2.40. The molecule has 10 heteroatoms. The number of ether oxygens (including phenoxy) is 1. The fraction of sp³-hybridized carbons (Fsp3) is 0.556. The van der Waals surface area contributed by atoms with Gasteiger partial charge in [-0.1, -0.05) is 37.2 Å². The van der Waals surface area contributed by atoms with Crippen molar-refractivity contribution < 1.29 is 22.7 Å². The largest absolute Gasteiger partial charge is 0.469 e. The Morgan fingerprint density at radius 1 is 1.29 bits per heavy atom. The van der Waals surface area contributed by atoms with Gasteiger partial charge in [-0.3, -0.25) is 9.59 Å². The lowest BCUT2D eigenvalue weighted by Gasteiger charge is -2.26. The van der Waals surface area contributed by atoms with Crippen LogP contribution in [-0.4, -0.2) is 54.5 Å². The second-order valence-corrected chi connectivity index (χ2v) is 10.5. The monoisotopic (exact) mass is 448 g/mol. The molecule has 1 unspecified atom stereocenters. The summed E-state index contributed by atoms with van der Waals surface area (Å²) in [4.78, 5) is 25.4. The highest BCUT2D eigenvalue weighted by atomic mass is 35.5. The van der Waals surface area contributed by atoms with Gasteiger partial charge < -0.3 is 4.74 Å². The fourth-order valence-corrected chi connectivity index (χ4v) is 6.09. The summed E-state index contributed by atoms with van der Waals surface area (Å²) in [5.41, 5.74) is 0. The molecule has 0 radical (unpaired) electrons. The third-order valence-electron chi connectivity index (χ3n) is 4.42. The molecule has 2 rings (SSSR count). The van der Waals surface area contributed by atoms with Crippen molar-refractivity contribution in [2.24, 2.45) is 5.92 Å². The van der Waals surface area contributed by atoms with Crippen LogP contribution in [0.4, 0.5) is 0 Å². The summed E-state index contributed by atoms with van der Waals surface area (Å²) in [7, 11) is -1.28. The Balaban J connectivity index is 2.35. The number of esters is 1. The minimum absolute atomic E-state index is 0.000379. The first-order valence-corrected chi connectivity index (χ1v) is 11.5. The molecule has 7 nitrogen and oxygen atoms in total. The van der Waals surface area contributed by atoms with E-state index >= 15 is 0 Å². The van der Waals surface area contributed by atoms with Gasteiger partial charge in [-0.05, 0) is 43.0 Å². The van der Waals surface area contributed by atoms with Crippen LogP contribution in [0.5, 0.6) is 0 Å². The van der Waals surface area contributed by atoms with Crippen molar-refractivity contribution in [3.63, 3.8) is 0 Å². The molecule has 0 bridgehead atoms. The Labute approximate surface area is 175 Å². The predicted octanol–water partition coefficient (Wildman–Crippen LogP) is 3.14. The van der Waals surface area contributed by atoms with Gasteiger partial charge in [0.25, 0.3) is 5.91 Å². The van der Waals surface area contributed by atoms with Gasteiger partial charge in [0.1, 0.15) is 6.04 Å². The van der Waals surface area contributed by atoms with Crippen molar-refractivity contribution in [3.8, 4) is 0 Å². The lowest BCUT2D eigenvalue weighted by molar-refractivity contribution is -0.141. The first kappa shape index (κ1) is 23.0. The lowest BCUT2D eigenvalue weighted by atomic mass is 10.0. The standard InChI is InChI=1S/C18H25ClN2O5S2/c1-12(2)11-15-18(23)21(28(24,25)20(15)3)16(9-10-17(22)26-4)27-14-7-5-13(19)6-8-14/h5-8,12,15-16H,9-11H2,1-4H3/t15-,16?/m0/s1. The zero-order valence-electron chi connectivity index (χ0n) is 16.3. The highest BCUT2D eigenvalue weighted by molar-refractivity contribution is 8.00. The number of hydrogen-bond donors (Lipinski definition) is 0. The van der Waals surface area contributed by atoms with Crippen LogP contribution >= 0.6 is 23.4 Å². The maximum absolute atomic E-state index is 13.0. The van der Waals surface area contributed by atoms with Gasteiger partial charge >= 0.3 is 16.2 Å². The summed E-state index contributed by atoms with van der Waals surface area (Å²) >= 11 is 7.12. The Bertz CT molecular complexity index is 814. The summed E-state index contributed by atoms with van der Waals surface area (Å²) < 4.78 is 32.7. The molecular formula is C18H25ClN2O5S2. The molecule has 1 aromatic carbocycles. The topological polar surface area (TPSA) is 84.0 Å². The fourth-order valence-electron chi connectivity index (χ4n) is 2.94. The van der Waals surface area contributed by atoms with Crippen molar-refractivity contribution in [1.29, 1.82) is 0 Å². The van der Waals surface area contributed by atoms with E-state index in [1.165, 1.54) is 25.9 Å². The number of hydrogen-bond acceptors (Lipinski definition) is 6. The highest BCUT2D eigenvalue weighted by Crippen LogP contribution is 2.37. The molecule has 1 aliphatic heterocycles. The van der Waals surface area contributed by atoms with Crippen molar-refractivity contribution in [2.75, 3.05) is 14.2 Å². The molecule has 0 aromatic heterocycles. The Kier molecular flexibility index (Phi) is 7.78. The minimum Gasteiger partial charge on any atom is -0.469 e. The molecule has 1 heterocycles. The zero-order valence-corrected chi connectivity index (χ0v) is 18.7. The molecule has 0 spiro atoms. The van der Waals surface area contributed by atoms with Crippen LogP contribution in [0.15, 0.2) is 29.2 Å². The van der Waals surface area contributed by atoms with Crippen LogP contribution in [0.25, 0.3) is 0 Å². The number of methoxy groups -OCH3 is 1. The van der Waals surface area contributed by atoms with Crippen LogP contribution < -0.4 is 0 Å². The number of likely N-dealkylation sites (N-methyl/N-ethyl adjacent to an activating group) is 1. The summed E-state index contributed by atoms with van der Waals surface area (Å²) in [5, 5.41) is -0.213. The van der Waals surface area contributed by atoms with E-state index in [0.29, 0.717) is 11.4 Å². The van der Waals surface area contributed by atoms with Gasteiger partial charge in [-0.15, -0.1) is 0 Å². The number of carbonyl (C=O) groups excluding carboxylic acids is 2. The van der Waals surface area contributed by atoms with E-state index in [4.69, 9.17) is 11.6 Å². The highest BCUT2D eigenvalue weighted by Gasteiger charge is 2.51. The van der Waals surface area contributed by atoms with Crippen LogP contribution in [0.2, 0.25) is 5.02 Å². The Morgan fingerprint density at radius 2 is 1.89 bits per heavy atom. The molecule has 0 N–H and O–H groups in total. The molecule has 1 aromatic rings. The molecule has 2 atom stereocenters. The Hall–Kier alpha value is -1.29. The molecule has 1 aliphatic rings. The van der Waals surface area contributed by atoms with E-state index in [1.54, 1.807) is 24.3 Å². The third kappa shape index (κ3) is 5.20. The van der Waals surface area contributed by atoms with Gasteiger partial charge in [-0.2, -0.15) is 12.7 Å². The van der Waals surface area contributed by atoms with Gasteiger partial charge in [0, 0.05) is 23.4 Å². The maximum Gasteiger partial charge on any atom is 0.307 e. The molecule has 156 valence electrons. The smallest absolute Gasteiger partial charge is 0.307 e. The zero-order chi connectivity index (χ0) is 21.1. The summed E-state index contributed by atoms with van der Waals surface area (Å²) in [6.07, 6.45) is 0.577. The number of halogens is 1. The predicted molar refractivity (Wildman–Crippen MR) is 109 cm³/mol. The average molecular weight is 449 g/mol. The first-order chi connectivity index (χ1) is 13.1. The molecular weight excluding hydrogens is 424 g/mol. The molecule has 1 fully saturated rings. The maximum atomic E-state index is 13.0. The molecule has 28 heavy (non-hydrogen) atoms. The van der Waals surface area contributed by atoms with Crippen molar-refractivity contribution in [1.82, 2.24) is 8.61 Å². The summed E-state index contributed by atoms with van der Waals surface area (Å²) in [5.74, 6) is -0.769. The van der Waals surface area contributed by atoms with E-state index in [0.717, 1.165) is 13.5 Å². The normalized spacial score (nSPS) is 20.6. The van der Waals surface area contributed by atoms with E-state index in [1.807, 2.05) is 13.8 Å². The molecule has 1 saturated heterocycles. The van der Waals surface area contributed by atoms with Crippen LogP contribution in [0.1, 0.15) is 33.1 Å². The van der Waals surface area contributed by atoms with Crippen LogP contribution in [0.3, 0.4) is 0 Å². The third-order valence-corrected chi connectivity index (χ3v) is 7.98. The number of benzene rings is 1. The van der Waals surface area contributed by atoms with Gasteiger partial charge in [0.2, 0.25) is 0 Å². The van der Waals surface area contributed by atoms with Crippen LogP contribution in [0, 0.1) is 5.92 Å². The van der Waals surface area contributed by atoms with E-state index in [2.05, 4.69) is 4.74 Å². The molecule has 1 amide bonds. The van der Waals surface area contributed by atoms with E-state index in [9.17, 15) is 18.0 Å². The van der Waals surface area contributed by atoms with Gasteiger partial charge in [-0.25, -0.2) is 4.31 Å². The number of rotatable bonds is 8. The number of nitrogens with zero attached hydrogens (tertiary/aromatic N) is 2. The second-order valence-electron chi connectivity index (χ2n) is 6.94. The Morgan fingerprint density at radius 3 is 2.43 bits per heavy atom. The molecule has 0 saturated carbocycles. The summed E-state index contributed by atoms with van der Waals surface area (Å²) in [6, 6.07) is 6.14.